The fourth-order valence-corrected chi connectivity index (χ4v) is 3.74. The molecular weight excluding hydrogens is 438 g/mol. The van der Waals surface area contributed by atoms with E-state index in [-0.39, 0.29) is 17.2 Å². The standard InChI is InChI=1S/C29H35N3O3/c1-29(2,3)24-13-9-22(10-14-24)27(33)31-25-8-5-7-21(19-25)20-32(18-6-17-30)28(34)23-11-15-26(35-4)16-12-23/h5,7-16,19H,6,17-18,20,30H2,1-4H3,(H,31,33). The molecule has 3 rings (SSSR count). The molecule has 0 heterocycles. The van der Waals surface area contributed by atoms with Crippen molar-refractivity contribution in [1.82, 2.24) is 4.90 Å². The molecule has 0 aliphatic rings. The minimum atomic E-state index is -0.170. The van der Waals surface area contributed by atoms with Gasteiger partial charge in [-0.3, -0.25) is 9.59 Å². The molecule has 6 heteroatoms. The van der Waals surface area contributed by atoms with Crippen LogP contribution in [0.15, 0.2) is 72.8 Å². The molecule has 0 aromatic heterocycles. The summed E-state index contributed by atoms with van der Waals surface area (Å²) in [6.07, 6.45) is 0.697. The SMILES string of the molecule is COc1ccc(C(=O)N(CCCN)Cc2cccc(NC(=O)c3ccc(C(C)(C)C)cc3)c2)cc1. The minimum absolute atomic E-state index is 0.0301. The Morgan fingerprint density at radius 2 is 1.60 bits per heavy atom. The van der Waals surface area contributed by atoms with E-state index in [1.807, 2.05) is 48.5 Å². The highest BCUT2D eigenvalue weighted by molar-refractivity contribution is 6.04. The van der Waals surface area contributed by atoms with Crippen LogP contribution in [0.2, 0.25) is 0 Å². The number of hydrogen-bond donors (Lipinski definition) is 2. The maximum absolute atomic E-state index is 13.2. The van der Waals surface area contributed by atoms with Crippen molar-refractivity contribution >= 4 is 17.5 Å². The van der Waals surface area contributed by atoms with E-state index in [1.165, 1.54) is 5.56 Å². The highest BCUT2D eigenvalue weighted by atomic mass is 16.5. The quantitative estimate of drug-likeness (QED) is 0.445. The van der Waals surface area contributed by atoms with Gasteiger partial charge in [0.2, 0.25) is 0 Å². The largest absolute Gasteiger partial charge is 0.497 e. The van der Waals surface area contributed by atoms with Crippen LogP contribution in [0, 0.1) is 0 Å². The van der Waals surface area contributed by atoms with E-state index in [4.69, 9.17) is 10.5 Å². The molecule has 6 nitrogen and oxygen atoms in total. The predicted molar refractivity (Wildman–Crippen MR) is 141 cm³/mol. The van der Waals surface area contributed by atoms with Crippen molar-refractivity contribution < 1.29 is 14.3 Å². The molecule has 0 aliphatic carbocycles. The highest BCUT2D eigenvalue weighted by Crippen LogP contribution is 2.23. The first-order chi connectivity index (χ1) is 16.7. The van der Waals surface area contributed by atoms with Crippen molar-refractivity contribution in [3.8, 4) is 5.75 Å². The average molecular weight is 474 g/mol. The average Bonchev–Trinajstić information content (AvgIpc) is 2.86. The number of hydrogen-bond acceptors (Lipinski definition) is 4. The van der Waals surface area contributed by atoms with Gasteiger partial charge < -0.3 is 20.7 Å². The molecule has 0 unspecified atom stereocenters. The number of anilines is 1. The molecule has 0 aliphatic heterocycles. The molecule has 3 N–H and O–H groups in total. The Morgan fingerprint density at radius 1 is 0.943 bits per heavy atom. The highest BCUT2D eigenvalue weighted by Gasteiger charge is 2.17. The fraction of sp³-hybridized carbons (Fsp3) is 0.310. The summed E-state index contributed by atoms with van der Waals surface area (Å²) in [5.41, 5.74) is 9.71. The topological polar surface area (TPSA) is 84.7 Å². The van der Waals surface area contributed by atoms with E-state index in [0.717, 1.165) is 5.56 Å². The molecule has 0 radical (unpaired) electrons. The lowest BCUT2D eigenvalue weighted by atomic mass is 9.87. The van der Waals surface area contributed by atoms with E-state index in [9.17, 15) is 9.59 Å². The summed E-state index contributed by atoms with van der Waals surface area (Å²) in [6, 6.07) is 22.3. The van der Waals surface area contributed by atoms with Crippen LogP contribution in [-0.4, -0.2) is 36.9 Å². The maximum Gasteiger partial charge on any atom is 0.255 e. The summed E-state index contributed by atoms with van der Waals surface area (Å²) < 4.78 is 5.19. The van der Waals surface area contributed by atoms with Gasteiger partial charge in [-0.05, 0) is 78.0 Å². The molecular formula is C29H35N3O3. The van der Waals surface area contributed by atoms with E-state index in [2.05, 4.69) is 26.1 Å². The lowest BCUT2D eigenvalue weighted by molar-refractivity contribution is 0.0742. The number of nitrogens with one attached hydrogen (secondary N) is 1. The van der Waals surface area contributed by atoms with E-state index >= 15 is 0 Å². The number of carbonyl (C=O) groups is 2. The second kappa shape index (κ2) is 11.7. The molecule has 184 valence electrons. The van der Waals surface area contributed by atoms with Crippen LogP contribution in [0.25, 0.3) is 0 Å². The zero-order chi connectivity index (χ0) is 25.4. The number of nitrogens with zero attached hydrogens (tertiary/aromatic N) is 1. The van der Waals surface area contributed by atoms with Crippen molar-refractivity contribution in [2.24, 2.45) is 5.73 Å². The zero-order valence-corrected chi connectivity index (χ0v) is 21.0. The number of benzene rings is 3. The van der Waals surface area contributed by atoms with Crippen molar-refractivity contribution in [3.05, 3.63) is 95.1 Å². The number of carbonyl (C=O) groups excluding carboxylic acids is 2. The first kappa shape index (κ1) is 26.0. The van der Waals surface area contributed by atoms with Crippen molar-refractivity contribution in [2.45, 2.75) is 39.2 Å². The van der Waals surface area contributed by atoms with Crippen LogP contribution in [0.1, 0.15) is 59.0 Å². The van der Waals surface area contributed by atoms with Gasteiger partial charge in [-0.25, -0.2) is 0 Å². The molecule has 0 saturated heterocycles. The van der Waals surface area contributed by atoms with Crippen LogP contribution < -0.4 is 15.8 Å². The van der Waals surface area contributed by atoms with Gasteiger partial charge >= 0.3 is 0 Å². The summed E-state index contributed by atoms with van der Waals surface area (Å²) in [6.45, 7) is 7.88. The number of rotatable bonds is 9. The Labute approximate surface area is 208 Å². The zero-order valence-electron chi connectivity index (χ0n) is 21.0. The lowest BCUT2D eigenvalue weighted by Crippen LogP contribution is -2.32. The van der Waals surface area contributed by atoms with Crippen LogP contribution in [0.4, 0.5) is 5.69 Å². The minimum Gasteiger partial charge on any atom is -0.497 e. The molecule has 0 atom stereocenters. The van der Waals surface area contributed by atoms with Crippen LogP contribution >= 0.6 is 0 Å². The number of methoxy groups -OCH3 is 1. The molecule has 35 heavy (non-hydrogen) atoms. The lowest BCUT2D eigenvalue weighted by Gasteiger charge is -2.23. The van der Waals surface area contributed by atoms with Crippen LogP contribution in [-0.2, 0) is 12.0 Å². The summed E-state index contributed by atoms with van der Waals surface area (Å²) >= 11 is 0. The summed E-state index contributed by atoms with van der Waals surface area (Å²) in [5, 5.41) is 2.97. The fourth-order valence-electron chi connectivity index (χ4n) is 3.74. The van der Waals surface area contributed by atoms with Crippen molar-refractivity contribution in [1.29, 1.82) is 0 Å². The Balaban J connectivity index is 1.72. The summed E-state index contributed by atoms with van der Waals surface area (Å²) in [4.78, 5) is 27.7. The Hall–Kier alpha value is -3.64. The Bertz CT molecular complexity index is 1130. The first-order valence-corrected chi connectivity index (χ1v) is 11.9. The van der Waals surface area contributed by atoms with Gasteiger partial charge in [-0.15, -0.1) is 0 Å². The summed E-state index contributed by atoms with van der Waals surface area (Å²) in [5.74, 6) is 0.456. The molecule has 0 fully saturated rings. The normalized spacial score (nSPS) is 11.1. The smallest absolute Gasteiger partial charge is 0.255 e. The van der Waals surface area contributed by atoms with Crippen LogP contribution in [0.5, 0.6) is 5.75 Å². The van der Waals surface area contributed by atoms with Crippen molar-refractivity contribution in [2.75, 3.05) is 25.5 Å². The van der Waals surface area contributed by atoms with Gasteiger partial charge in [0, 0.05) is 29.9 Å². The van der Waals surface area contributed by atoms with Crippen molar-refractivity contribution in [3.63, 3.8) is 0 Å². The molecule has 0 saturated carbocycles. The van der Waals surface area contributed by atoms with E-state index < -0.39 is 0 Å². The number of amides is 2. The van der Waals surface area contributed by atoms with Crippen LogP contribution in [0.3, 0.4) is 0 Å². The molecule has 3 aromatic carbocycles. The molecule has 0 spiro atoms. The van der Waals surface area contributed by atoms with Gasteiger partial charge in [0.15, 0.2) is 0 Å². The molecule has 0 bridgehead atoms. The maximum atomic E-state index is 13.2. The predicted octanol–water partition coefficient (Wildman–Crippen LogP) is 5.24. The third kappa shape index (κ3) is 7.17. The Morgan fingerprint density at radius 3 is 2.20 bits per heavy atom. The van der Waals surface area contributed by atoms with E-state index in [1.54, 1.807) is 36.3 Å². The van der Waals surface area contributed by atoms with Gasteiger partial charge in [-0.2, -0.15) is 0 Å². The molecule has 3 aromatic rings. The van der Waals surface area contributed by atoms with E-state index in [0.29, 0.717) is 48.6 Å². The third-order valence-corrected chi connectivity index (χ3v) is 5.83. The number of nitrogens with two attached hydrogens (primary N) is 1. The second-order valence-electron chi connectivity index (χ2n) is 9.58. The first-order valence-electron chi connectivity index (χ1n) is 11.9. The van der Waals surface area contributed by atoms with Gasteiger partial charge in [0.25, 0.3) is 11.8 Å². The second-order valence-corrected chi connectivity index (χ2v) is 9.58. The number of ether oxygens (including phenoxy) is 1. The van der Waals surface area contributed by atoms with Gasteiger partial charge in [0.1, 0.15) is 5.75 Å². The monoisotopic (exact) mass is 473 g/mol. The summed E-state index contributed by atoms with van der Waals surface area (Å²) in [7, 11) is 1.59. The van der Waals surface area contributed by atoms with Gasteiger partial charge in [-0.1, -0.05) is 45.0 Å². The van der Waals surface area contributed by atoms with Gasteiger partial charge in [0.05, 0.1) is 7.11 Å². The molecule has 2 amide bonds. The Kier molecular flexibility index (Phi) is 8.66. The third-order valence-electron chi connectivity index (χ3n) is 5.83.